The molecule has 0 saturated heterocycles. The summed E-state index contributed by atoms with van der Waals surface area (Å²) in [7, 11) is 0. The van der Waals surface area contributed by atoms with Gasteiger partial charge in [-0.1, -0.05) is 0 Å². The van der Waals surface area contributed by atoms with Crippen molar-refractivity contribution in [3.63, 3.8) is 0 Å². The van der Waals surface area contributed by atoms with E-state index in [-0.39, 0.29) is 18.3 Å². The minimum absolute atomic E-state index is 0. The Labute approximate surface area is 61.4 Å². The van der Waals surface area contributed by atoms with E-state index in [4.69, 9.17) is 11.0 Å². The van der Waals surface area contributed by atoms with Crippen molar-refractivity contribution in [2.75, 3.05) is 0 Å². The van der Waals surface area contributed by atoms with E-state index >= 15 is 0 Å². The maximum Gasteiger partial charge on any atom is 0.0656 e. The van der Waals surface area contributed by atoms with E-state index < -0.39 is 0 Å². The minimum atomic E-state index is 0. The van der Waals surface area contributed by atoms with Crippen LogP contribution in [-0.2, 0) is 0 Å². The lowest BCUT2D eigenvalue weighted by molar-refractivity contribution is 0.662. The van der Waals surface area contributed by atoms with Crippen LogP contribution in [0.4, 0.5) is 0 Å². The van der Waals surface area contributed by atoms with Crippen molar-refractivity contribution in [2.24, 2.45) is 11.7 Å². The average molecular weight is 147 g/mol. The predicted octanol–water partition coefficient (Wildman–Crippen LogP) is 1.06. The fourth-order valence-electron chi connectivity index (χ4n) is 1.13. The smallest absolute Gasteiger partial charge is 0.0656 e. The molecule has 0 spiro atoms. The fourth-order valence-corrected chi connectivity index (χ4v) is 1.13. The second kappa shape index (κ2) is 3.71. The van der Waals surface area contributed by atoms with Crippen molar-refractivity contribution in [2.45, 2.75) is 25.3 Å². The largest absolute Gasteiger partial charge is 0.328 e. The first-order valence-electron chi connectivity index (χ1n) is 2.98. The van der Waals surface area contributed by atoms with E-state index in [0.717, 1.165) is 19.3 Å². The van der Waals surface area contributed by atoms with Crippen LogP contribution in [0.25, 0.3) is 0 Å². The molecule has 52 valence electrons. The third kappa shape index (κ3) is 2.21. The summed E-state index contributed by atoms with van der Waals surface area (Å²) in [5.41, 5.74) is 5.55. The zero-order chi connectivity index (χ0) is 5.98. The lowest BCUT2D eigenvalue weighted by Crippen LogP contribution is -2.14. The molecule has 2 atom stereocenters. The first-order chi connectivity index (χ1) is 3.83. The van der Waals surface area contributed by atoms with Gasteiger partial charge in [0.2, 0.25) is 0 Å². The van der Waals surface area contributed by atoms with Crippen LogP contribution in [0.15, 0.2) is 0 Å². The van der Waals surface area contributed by atoms with Crippen molar-refractivity contribution in [3.8, 4) is 6.07 Å². The zero-order valence-electron chi connectivity index (χ0n) is 5.21. The SMILES string of the molecule is Cl.N#C[C@@H]1CC[C@@H](N)C1. The highest BCUT2D eigenvalue weighted by Gasteiger charge is 2.20. The fraction of sp³-hybridized carbons (Fsp3) is 0.833. The molecule has 1 rings (SSSR count). The number of halogens is 1. The molecule has 0 bridgehead atoms. The van der Waals surface area contributed by atoms with E-state index in [1.165, 1.54) is 0 Å². The monoisotopic (exact) mass is 146 g/mol. The number of hydrogen-bond acceptors (Lipinski definition) is 2. The van der Waals surface area contributed by atoms with Gasteiger partial charge in [0, 0.05) is 12.0 Å². The van der Waals surface area contributed by atoms with Crippen LogP contribution in [0, 0.1) is 17.2 Å². The molecule has 0 unspecified atom stereocenters. The summed E-state index contributed by atoms with van der Waals surface area (Å²) in [6.07, 6.45) is 2.96. The molecule has 2 nitrogen and oxygen atoms in total. The number of nitriles is 1. The summed E-state index contributed by atoms with van der Waals surface area (Å²) in [5.74, 6) is 0.255. The second-order valence-electron chi connectivity index (χ2n) is 2.40. The second-order valence-corrected chi connectivity index (χ2v) is 2.40. The maximum atomic E-state index is 8.38. The van der Waals surface area contributed by atoms with Crippen LogP contribution >= 0.6 is 12.4 Å². The predicted molar refractivity (Wildman–Crippen MR) is 38.2 cm³/mol. The van der Waals surface area contributed by atoms with Gasteiger partial charge in [-0.15, -0.1) is 12.4 Å². The van der Waals surface area contributed by atoms with Gasteiger partial charge in [-0.3, -0.25) is 0 Å². The van der Waals surface area contributed by atoms with E-state index in [1.807, 2.05) is 0 Å². The highest BCUT2D eigenvalue weighted by Crippen LogP contribution is 2.22. The van der Waals surface area contributed by atoms with Crippen molar-refractivity contribution in [3.05, 3.63) is 0 Å². The Balaban J connectivity index is 0.000000640. The average Bonchev–Trinajstić information content (AvgIpc) is 2.14. The normalized spacial score (nSPS) is 32.9. The Morgan fingerprint density at radius 1 is 1.44 bits per heavy atom. The standard InChI is InChI=1S/C6H10N2.ClH/c7-4-5-1-2-6(8)3-5;/h5-6H,1-3,8H2;1H/t5-,6-;/m1./s1. The minimum Gasteiger partial charge on any atom is -0.328 e. The zero-order valence-corrected chi connectivity index (χ0v) is 6.03. The Kier molecular flexibility index (Phi) is 3.60. The molecular formula is C6H11ClN2. The van der Waals surface area contributed by atoms with Gasteiger partial charge in [0.15, 0.2) is 0 Å². The van der Waals surface area contributed by atoms with Gasteiger partial charge >= 0.3 is 0 Å². The van der Waals surface area contributed by atoms with Crippen LogP contribution in [0.3, 0.4) is 0 Å². The Morgan fingerprint density at radius 2 is 2.11 bits per heavy atom. The van der Waals surface area contributed by atoms with Gasteiger partial charge in [0.25, 0.3) is 0 Å². The molecule has 2 N–H and O–H groups in total. The number of nitrogens with two attached hydrogens (primary N) is 1. The Morgan fingerprint density at radius 3 is 2.33 bits per heavy atom. The molecule has 9 heavy (non-hydrogen) atoms. The molecule has 0 aliphatic heterocycles. The first kappa shape index (κ1) is 8.74. The van der Waals surface area contributed by atoms with Crippen molar-refractivity contribution in [1.82, 2.24) is 0 Å². The van der Waals surface area contributed by atoms with Crippen LogP contribution in [0.2, 0.25) is 0 Å². The van der Waals surface area contributed by atoms with Crippen molar-refractivity contribution >= 4 is 12.4 Å². The summed E-state index contributed by atoms with van der Waals surface area (Å²) >= 11 is 0. The van der Waals surface area contributed by atoms with Gasteiger partial charge in [-0.05, 0) is 19.3 Å². The third-order valence-electron chi connectivity index (χ3n) is 1.66. The Hall–Kier alpha value is -0.260. The van der Waals surface area contributed by atoms with E-state index in [2.05, 4.69) is 6.07 Å². The first-order valence-corrected chi connectivity index (χ1v) is 2.98. The summed E-state index contributed by atoms with van der Waals surface area (Å²) in [6.45, 7) is 0. The summed E-state index contributed by atoms with van der Waals surface area (Å²) in [4.78, 5) is 0. The van der Waals surface area contributed by atoms with E-state index in [9.17, 15) is 0 Å². The molecule has 0 radical (unpaired) electrons. The molecule has 1 fully saturated rings. The molecule has 1 aliphatic rings. The molecule has 0 amide bonds. The van der Waals surface area contributed by atoms with Gasteiger partial charge in [0.05, 0.1) is 6.07 Å². The molecule has 0 aromatic heterocycles. The summed E-state index contributed by atoms with van der Waals surface area (Å²) < 4.78 is 0. The van der Waals surface area contributed by atoms with E-state index in [1.54, 1.807) is 0 Å². The number of hydrogen-bond donors (Lipinski definition) is 1. The molecule has 0 heterocycles. The van der Waals surface area contributed by atoms with Crippen LogP contribution in [-0.4, -0.2) is 6.04 Å². The van der Waals surface area contributed by atoms with Gasteiger partial charge in [0.1, 0.15) is 0 Å². The van der Waals surface area contributed by atoms with Gasteiger partial charge in [-0.2, -0.15) is 5.26 Å². The Bertz CT molecular complexity index is 119. The number of nitrogens with zero attached hydrogens (tertiary/aromatic N) is 1. The lowest BCUT2D eigenvalue weighted by atomic mass is 10.1. The van der Waals surface area contributed by atoms with Crippen LogP contribution < -0.4 is 5.73 Å². The number of rotatable bonds is 0. The van der Waals surface area contributed by atoms with Crippen molar-refractivity contribution < 1.29 is 0 Å². The quantitative estimate of drug-likeness (QED) is 0.556. The highest BCUT2D eigenvalue weighted by molar-refractivity contribution is 5.85. The molecule has 1 saturated carbocycles. The molecule has 0 aromatic rings. The summed E-state index contributed by atoms with van der Waals surface area (Å²) in [6, 6.07) is 2.52. The van der Waals surface area contributed by atoms with Crippen LogP contribution in [0.1, 0.15) is 19.3 Å². The molecule has 0 aromatic carbocycles. The van der Waals surface area contributed by atoms with E-state index in [0.29, 0.717) is 6.04 Å². The third-order valence-corrected chi connectivity index (χ3v) is 1.66. The van der Waals surface area contributed by atoms with Gasteiger partial charge in [-0.25, -0.2) is 0 Å². The molecular weight excluding hydrogens is 136 g/mol. The lowest BCUT2D eigenvalue weighted by Gasteiger charge is -1.95. The topological polar surface area (TPSA) is 49.8 Å². The summed E-state index contributed by atoms with van der Waals surface area (Å²) in [5, 5.41) is 8.38. The molecule has 3 heteroatoms. The van der Waals surface area contributed by atoms with Crippen molar-refractivity contribution in [1.29, 1.82) is 5.26 Å². The van der Waals surface area contributed by atoms with Gasteiger partial charge < -0.3 is 5.73 Å². The van der Waals surface area contributed by atoms with Crippen LogP contribution in [0.5, 0.6) is 0 Å². The maximum absolute atomic E-state index is 8.38. The highest BCUT2D eigenvalue weighted by atomic mass is 35.5. The molecule has 1 aliphatic carbocycles.